The van der Waals surface area contributed by atoms with Crippen molar-refractivity contribution in [2.75, 3.05) is 0 Å². The highest BCUT2D eigenvalue weighted by molar-refractivity contribution is 6.30. The maximum Gasteiger partial charge on any atom is 0.270 e. The van der Waals surface area contributed by atoms with Gasteiger partial charge in [0, 0.05) is 0 Å². The van der Waals surface area contributed by atoms with Crippen molar-refractivity contribution >= 4 is 17.5 Å². The predicted molar refractivity (Wildman–Crippen MR) is 94.1 cm³/mol. The van der Waals surface area contributed by atoms with E-state index in [1.165, 1.54) is 35.5 Å². The highest BCUT2D eigenvalue weighted by Gasteiger charge is 2.23. The zero-order valence-corrected chi connectivity index (χ0v) is 14.7. The first kappa shape index (κ1) is 17.7. The molecule has 0 bridgehead atoms. The molecular weight excluding hydrogens is 389 g/mol. The molecule has 28 heavy (non-hydrogen) atoms. The van der Waals surface area contributed by atoms with Crippen LogP contribution in [0.4, 0.5) is 4.39 Å². The summed E-state index contributed by atoms with van der Waals surface area (Å²) in [5.74, 6) is -0.582. The van der Waals surface area contributed by atoms with E-state index in [4.69, 9.17) is 11.6 Å². The van der Waals surface area contributed by atoms with E-state index in [9.17, 15) is 9.18 Å². The van der Waals surface area contributed by atoms with Gasteiger partial charge in [-0.25, -0.2) is 19.0 Å². The molecule has 0 aliphatic heterocycles. The first-order valence-electron chi connectivity index (χ1n) is 7.93. The number of tetrazole rings is 1. The standard InChI is InChI=1S/C16H11ClFN9O/c17-10-5-4-9(6-11(10)18)14(15-23-25-26-24-15)22-16(28)12-2-1-3-13(21-12)27-8-19-7-20-27/h1-8,14H,(H,22,28)(H,23,24,25,26). The fourth-order valence-corrected chi connectivity index (χ4v) is 2.61. The topological polar surface area (TPSA) is 127 Å². The zero-order valence-electron chi connectivity index (χ0n) is 14.0. The van der Waals surface area contributed by atoms with E-state index in [0.717, 1.165) is 0 Å². The van der Waals surface area contributed by atoms with Gasteiger partial charge in [0.2, 0.25) is 5.82 Å². The van der Waals surface area contributed by atoms with Gasteiger partial charge in [0.05, 0.1) is 5.02 Å². The number of rotatable bonds is 5. The molecule has 3 heterocycles. The van der Waals surface area contributed by atoms with Crippen LogP contribution in [0.5, 0.6) is 0 Å². The predicted octanol–water partition coefficient (Wildman–Crippen LogP) is 1.49. The summed E-state index contributed by atoms with van der Waals surface area (Å²) in [6.07, 6.45) is 2.82. The van der Waals surface area contributed by atoms with E-state index in [1.807, 2.05) is 0 Å². The van der Waals surface area contributed by atoms with Gasteiger partial charge in [-0.1, -0.05) is 28.9 Å². The number of carbonyl (C=O) groups is 1. The molecule has 0 radical (unpaired) electrons. The summed E-state index contributed by atoms with van der Waals surface area (Å²) < 4.78 is 15.3. The number of nitrogens with one attached hydrogen (secondary N) is 2. The Hall–Kier alpha value is -3.73. The lowest BCUT2D eigenvalue weighted by molar-refractivity contribution is 0.0936. The van der Waals surface area contributed by atoms with E-state index in [2.05, 4.69) is 41.0 Å². The van der Waals surface area contributed by atoms with Crippen LogP contribution in [-0.4, -0.2) is 46.3 Å². The second-order valence-corrected chi connectivity index (χ2v) is 5.98. The van der Waals surface area contributed by atoms with E-state index in [1.54, 1.807) is 18.2 Å². The van der Waals surface area contributed by atoms with Crippen LogP contribution in [0.25, 0.3) is 5.82 Å². The second kappa shape index (κ2) is 7.48. The normalized spacial score (nSPS) is 11.9. The number of benzene rings is 1. The van der Waals surface area contributed by atoms with Crippen LogP contribution in [0.1, 0.15) is 27.9 Å². The van der Waals surface area contributed by atoms with Crippen molar-refractivity contribution in [2.45, 2.75) is 6.04 Å². The molecule has 0 aliphatic carbocycles. The monoisotopic (exact) mass is 399 g/mol. The highest BCUT2D eigenvalue weighted by Crippen LogP contribution is 2.23. The molecule has 4 aromatic rings. The first-order valence-corrected chi connectivity index (χ1v) is 8.31. The number of amides is 1. The summed E-state index contributed by atoms with van der Waals surface area (Å²) in [4.78, 5) is 20.9. The van der Waals surface area contributed by atoms with Gasteiger partial charge in [-0.3, -0.25) is 4.79 Å². The van der Waals surface area contributed by atoms with Gasteiger partial charge in [0.25, 0.3) is 5.91 Å². The Labute approximate surface area is 161 Å². The summed E-state index contributed by atoms with van der Waals surface area (Å²) in [7, 11) is 0. The van der Waals surface area contributed by atoms with Crippen LogP contribution in [0.2, 0.25) is 5.02 Å². The SMILES string of the molecule is O=C(NC(c1ccc(Cl)c(F)c1)c1nn[nH]n1)c1cccc(-n2cncn2)n1. The lowest BCUT2D eigenvalue weighted by Gasteiger charge is -2.16. The van der Waals surface area contributed by atoms with Crippen molar-refractivity contribution in [2.24, 2.45) is 0 Å². The van der Waals surface area contributed by atoms with Gasteiger partial charge in [-0.15, -0.1) is 10.2 Å². The fraction of sp³-hybridized carbons (Fsp3) is 0.0625. The van der Waals surface area contributed by atoms with Crippen LogP contribution in [0.15, 0.2) is 49.1 Å². The largest absolute Gasteiger partial charge is 0.336 e. The van der Waals surface area contributed by atoms with Crippen LogP contribution in [0, 0.1) is 5.82 Å². The fourth-order valence-electron chi connectivity index (χ4n) is 2.49. The van der Waals surface area contributed by atoms with Gasteiger partial charge in [0.15, 0.2) is 5.82 Å². The third-order valence-corrected chi connectivity index (χ3v) is 4.10. The van der Waals surface area contributed by atoms with Crippen LogP contribution >= 0.6 is 11.6 Å². The Morgan fingerprint density at radius 2 is 2.18 bits per heavy atom. The molecule has 0 saturated heterocycles. The maximum absolute atomic E-state index is 13.9. The minimum absolute atomic E-state index is 0.0378. The maximum atomic E-state index is 13.9. The van der Waals surface area contributed by atoms with Crippen LogP contribution in [-0.2, 0) is 0 Å². The second-order valence-electron chi connectivity index (χ2n) is 5.57. The van der Waals surface area contributed by atoms with E-state index >= 15 is 0 Å². The van der Waals surface area contributed by atoms with E-state index in [-0.39, 0.29) is 16.5 Å². The molecular formula is C16H11ClFN9O. The van der Waals surface area contributed by atoms with Crippen LogP contribution in [0.3, 0.4) is 0 Å². The molecule has 1 atom stereocenters. The molecule has 10 nitrogen and oxygen atoms in total. The molecule has 3 aromatic heterocycles. The van der Waals surface area contributed by atoms with Gasteiger partial charge in [-0.2, -0.15) is 10.3 Å². The number of aromatic nitrogens is 8. The molecule has 0 spiro atoms. The smallest absolute Gasteiger partial charge is 0.270 e. The number of hydrogen-bond donors (Lipinski definition) is 2. The van der Waals surface area contributed by atoms with Crippen molar-refractivity contribution in [1.82, 2.24) is 45.7 Å². The molecule has 140 valence electrons. The van der Waals surface area contributed by atoms with Gasteiger partial charge >= 0.3 is 0 Å². The minimum atomic E-state index is -0.866. The molecule has 2 N–H and O–H groups in total. The number of aromatic amines is 1. The third kappa shape index (κ3) is 3.55. The Balaban J connectivity index is 1.65. The summed E-state index contributed by atoms with van der Waals surface area (Å²) >= 11 is 5.74. The Bertz CT molecular complexity index is 1100. The average Bonchev–Trinajstić information content (AvgIpc) is 3.42. The Morgan fingerprint density at radius 3 is 2.89 bits per heavy atom. The molecule has 0 saturated carbocycles. The molecule has 1 aromatic carbocycles. The van der Waals surface area contributed by atoms with Crippen LogP contribution < -0.4 is 5.32 Å². The Kier molecular flexibility index (Phi) is 4.72. The van der Waals surface area contributed by atoms with Gasteiger partial charge in [0.1, 0.15) is 30.2 Å². The number of H-pyrrole nitrogens is 1. The molecule has 1 unspecified atom stereocenters. The summed E-state index contributed by atoms with van der Waals surface area (Å²) in [5, 5.41) is 20.3. The van der Waals surface area contributed by atoms with E-state index < -0.39 is 17.8 Å². The zero-order chi connectivity index (χ0) is 19.5. The molecule has 1 amide bonds. The van der Waals surface area contributed by atoms with Crippen molar-refractivity contribution in [3.05, 3.63) is 77.0 Å². The van der Waals surface area contributed by atoms with Gasteiger partial charge < -0.3 is 5.32 Å². The number of hydrogen-bond acceptors (Lipinski definition) is 7. The number of nitrogens with zero attached hydrogens (tertiary/aromatic N) is 7. The highest BCUT2D eigenvalue weighted by atomic mass is 35.5. The lowest BCUT2D eigenvalue weighted by atomic mass is 10.1. The number of halogens is 2. The summed E-state index contributed by atoms with van der Waals surface area (Å²) in [6.45, 7) is 0. The number of carbonyl (C=O) groups excluding carboxylic acids is 1. The first-order chi connectivity index (χ1) is 13.6. The van der Waals surface area contributed by atoms with Crippen molar-refractivity contribution in [3.63, 3.8) is 0 Å². The molecule has 12 heteroatoms. The third-order valence-electron chi connectivity index (χ3n) is 3.79. The summed E-state index contributed by atoms with van der Waals surface area (Å²) in [5.41, 5.74) is 0.514. The minimum Gasteiger partial charge on any atom is -0.336 e. The molecule has 0 fully saturated rings. The van der Waals surface area contributed by atoms with Crippen molar-refractivity contribution < 1.29 is 9.18 Å². The van der Waals surface area contributed by atoms with E-state index in [0.29, 0.717) is 11.4 Å². The molecule has 0 aliphatic rings. The summed E-state index contributed by atoms with van der Waals surface area (Å²) in [6, 6.07) is 8.14. The lowest BCUT2D eigenvalue weighted by Crippen LogP contribution is -2.31. The number of pyridine rings is 1. The molecule has 4 rings (SSSR count). The van der Waals surface area contributed by atoms with Crippen molar-refractivity contribution in [1.29, 1.82) is 0 Å². The average molecular weight is 400 g/mol. The van der Waals surface area contributed by atoms with Gasteiger partial charge in [-0.05, 0) is 29.8 Å². The Morgan fingerprint density at radius 1 is 1.29 bits per heavy atom. The quantitative estimate of drug-likeness (QED) is 0.520. The van der Waals surface area contributed by atoms with Crippen molar-refractivity contribution in [3.8, 4) is 5.82 Å².